The number of carbonyl (C=O) groups excluding carboxylic acids is 1. The molecule has 0 saturated carbocycles. The van der Waals surface area contributed by atoms with Crippen molar-refractivity contribution in [1.82, 2.24) is 14.5 Å². The molecule has 0 N–H and O–H groups in total. The zero-order valence-corrected chi connectivity index (χ0v) is 22.9. The maximum Gasteiger partial charge on any atom is 0.266 e. The van der Waals surface area contributed by atoms with Crippen LogP contribution >= 0.6 is 11.3 Å². The highest BCUT2D eigenvalue weighted by Crippen LogP contribution is 2.29. The minimum atomic E-state index is -0.420. The molecule has 0 aliphatic rings. The topological polar surface area (TPSA) is 64.4 Å². The molecule has 194 valence electrons. The number of thiophene rings is 1. The summed E-state index contributed by atoms with van der Waals surface area (Å²) in [4.78, 5) is 35.5. The molecule has 1 atom stereocenters. The lowest BCUT2D eigenvalue weighted by molar-refractivity contribution is -0.132. The second kappa shape index (κ2) is 12.2. The SMILES string of the molecule is CCCCCCN(C(=O)Cc1cccs1)C(C)c1nc2ccccc2c(=O)n1-c1cc(C)ccc1OC. The summed E-state index contributed by atoms with van der Waals surface area (Å²) in [6.45, 7) is 6.74. The van der Waals surface area contributed by atoms with E-state index in [0.717, 1.165) is 36.1 Å². The summed E-state index contributed by atoms with van der Waals surface area (Å²) in [5.74, 6) is 1.15. The molecular weight excluding hydrogens is 482 g/mol. The molecule has 4 aromatic rings. The van der Waals surface area contributed by atoms with Crippen molar-refractivity contribution in [2.75, 3.05) is 13.7 Å². The Balaban J connectivity index is 1.86. The number of ether oxygens (including phenoxy) is 1. The summed E-state index contributed by atoms with van der Waals surface area (Å²) in [7, 11) is 1.60. The number of rotatable bonds is 11. The molecular formula is C30H35N3O3S. The van der Waals surface area contributed by atoms with Crippen LogP contribution < -0.4 is 10.3 Å². The van der Waals surface area contributed by atoms with E-state index in [4.69, 9.17) is 9.72 Å². The lowest BCUT2D eigenvalue weighted by Crippen LogP contribution is -2.39. The van der Waals surface area contributed by atoms with Gasteiger partial charge in [0.1, 0.15) is 11.6 Å². The number of hydrogen-bond acceptors (Lipinski definition) is 5. The Bertz CT molecular complexity index is 1410. The molecule has 0 fully saturated rings. The molecule has 0 aliphatic heterocycles. The Labute approximate surface area is 222 Å². The van der Waals surface area contributed by atoms with E-state index in [1.807, 2.05) is 72.7 Å². The zero-order chi connectivity index (χ0) is 26.4. The molecule has 0 aliphatic carbocycles. The molecule has 1 unspecified atom stereocenters. The number of aromatic nitrogens is 2. The average molecular weight is 518 g/mol. The van der Waals surface area contributed by atoms with Crippen molar-refractivity contribution in [3.8, 4) is 11.4 Å². The number of amides is 1. The summed E-state index contributed by atoms with van der Waals surface area (Å²) in [5, 5.41) is 2.52. The molecule has 0 spiro atoms. The first kappa shape index (κ1) is 26.6. The van der Waals surface area contributed by atoms with Crippen molar-refractivity contribution in [1.29, 1.82) is 0 Å². The van der Waals surface area contributed by atoms with Gasteiger partial charge in [0.25, 0.3) is 5.56 Å². The summed E-state index contributed by atoms with van der Waals surface area (Å²) < 4.78 is 7.29. The van der Waals surface area contributed by atoms with Gasteiger partial charge in [-0.1, -0.05) is 50.5 Å². The standard InChI is InChI=1S/C30H35N3O3S/c1-5-6-7-10-17-32(28(34)20-23-12-11-18-37-23)22(3)29-31-25-14-9-8-13-24(25)30(35)33(29)26-19-21(2)15-16-27(26)36-4/h8-9,11-16,18-19,22H,5-7,10,17,20H2,1-4H3. The fourth-order valence-electron chi connectivity index (χ4n) is 4.68. The normalized spacial score (nSPS) is 12.0. The number of benzene rings is 2. The van der Waals surface area contributed by atoms with Crippen molar-refractivity contribution in [3.63, 3.8) is 0 Å². The van der Waals surface area contributed by atoms with E-state index >= 15 is 0 Å². The minimum absolute atomic E-state index is 0.0385. The van der Waals surface area contributed by atoms with Gasteiger partial charge in [0.15, 0.2) is 0 Å². The van der Waals surface area contributed by atoms with Crippen LogP contribution in [0, 0.1) is 6.92 Å². The average Bonchev–Trinajstić information content (AvgIpc) is 3.41. The number of para-hydroxylation sites is 1. The van der Waals surface area contributed by atoms with Crippen LogP contribution in [0.5, 0.6) is 5.75 Å². The lowest BCUT2D eigenvalue weighted by atomic mass is 10.1. The van der Waals surface area contributed by atoms with Gasteiger partial charge in [-0.05, 0) is 61.5 Å². The minimum Gasteiger partial charge on any atom is -0.495 e. The van der Waals surface area contributed by atoms with E-state index in [-0.39, 0.29) is 11.5 Å². The van der Waals surface area contributed by atoms with Crippen molar-refractivity contribution in [2.24, 2.45) is 0 Å². The Morgan fingerprint density at radius 3 is 2.65 bits per heavy atom. The Morgan fingerprint density at radius 1 is 1.11 bits per heavy atom. The Kier molecular flexibility index (Phi) is 8.77. The number of carbonyl (C=O) groups is 1. The maximum atomic E-state index is 13.9. The van der Waals surface area contributed by atoms with Crippen LogP contribution in [-0.2, 0) is 11.2 Å². The third-order valence-corrected chi connectivity index (χ3v) is 7.57. The van der Waals surface area contributed by atoms with Gasteiger partial charge in [0, 0.05) is 11.4 Å². The van der Waals surface area contributed by atoms with E-state index in [2.05, 4.69) is 6.92 Å². The summed E-state index contributed by atoms with van der Waals surface area (Å²) in [6.07, 6.45) is 4.54. The number of aryl methyl sites for hydroxylation is 1. The second-order valence-electron chi connectivity index (χ2n) is 9.38. The van der Waals surface area contributed by atoms with Crippen LogP contribution in [0.1, 0.15) is 61.8 Å². The van der Waals surface area contributed by atoms with Gasteiger partial charge in [-0.15, -0.1) is 11.3 Å². The van der Waals surface area contributed by atoms with Crippen molar-refractivity contribution >= 4 is 28.1 Å². The number of hydrogen-bond donors (Lipinski definition) is 0. The number of fused-ring (bicyclic) bond motifs is 1. The third kappa shape index (κ3) is 5.93. The molecule has 4 rings (SSSR count). The van der Waals surface area contributed by atoms with E-state index in [9.17, 15) is 9.59 Å². The van der Waals surface area contributed by atoms with Crippen LogP contribution in [-0.4, -0.2) is 34.0 Å². The second-order valence-corrected chi connectivity index (χ2v) is 10.4. The molecule has 6 nitrogen and oxygen atoms in total. The number of methoxy groups -OCH3 is 1. The van der Waals surface area contributed by atoms with Gasteiger partial charge < -0.3 is 9.64 Å². The fraction of sp³-hybridized carbons (Fsp3) is 0.367. The predicted molar refractivity (Wildman–Crippen MR) is 151 cm³/mol. The first-order chi connectivity index (χ1) is 17.9. The fourth-order valence-corrected chi connectivity index (χ4v) is 5.38. The number of unbranched alkanes of at least 4 members (excludes halogenated alkanes) is 3. The predicted octanol–water partition coefficient (Wildman–Crippen LogP) is 6.48. The van der Waals surface area contributed by atoms with Crippen LogP contribution in [0.2, 0.25) is 0 Å². The molecule has 7 heteroatoms. The molecule has 2 heterocycles. The van der Waals surface area contributed by atoms with Gasteiger partial charge in [-0.3, -0.25) is 14.2 Å². The summed E-state index contributed by atoms with van der Waals surface area (Å²) in [6, 6.07) is 16.7. The number of nitrogens with zero attached hydrogens (tertiary/aromatic N) is 3. The van der Waals surface area contributed by atoms with Gasteiger partial charge >= 0.3 is 0 Å². The van der Waals surface area contributed by atoms with Crippen LogP contribution in [0.15, 0.2) is 64.8 Å². The van der Waals surface area contributed by atoms with Crippen molar-refractivity contribution < 1.29 is 9.53 Å². The Hall–Kier alpha value is -3.45. The van der Waals surface area contributed by atoms with E-state index in [1.165, 1.54) is 0 Å². The molecule has 0 radical (unpaired) electrons. The van der Waals surface area contributed by atoms with Gasteiger partial charge in [-0.2, -0.15) is 0 Å². The largest absolute Gasteiger partial charge is 0.495 e. The molecule has 2 aromatic carbocycles. The smallest absolute Gasteiger partial charge is 0.266 e. The van der Waals surface area contributed by atoms with Crippen molar-refractivity contribution in [2.45, 2.75) is 58.9 Å². The third-order valence-electron chi connectivity index (χ3n) is 6.70. The van der Waals surface area contributed by atoms with Gasteiger partial charge in [0.2, 0.25) is 5.91 Å². The molecule has 37 heavy (non-hydrogen) atoms. The van der Waals surface area contributed by atoms with Crippen LogP contribution in [0.4, 0.5) is 0 Å². The molecule has 2 aromatic heterocycles. The summed E-state index contributed by atoms with van der Waals surface area (Å²) in [5.41, 5.74) is 2.07. The molecule has 1 amide bonds. The monoisotopic (exact) mass is 517 g/mol. The molecule has 0 bridgehead atoms. The first-order valence-electron chi connectivity index (χ1n) is 12.9. The highest BCUT2D eigenvalue weighted by molar-refractivity contribution is 7.10. The van der Waals surface area contributed by atoms with Crippen LogP contribution in [0.3, 0.4) is 0 Å². The first-order valence-corrected chi connectivity index (χ1v) is 13.8. The van der Waals surface area contributed by atoms with Crippen LogP contribution in [0.25, 0.3) is 16.6 Å². The highest BCUT2D eigenvalue weighted by atomic mass is 32.1. The van der Waals surface area contributed by atoms with Gasteiger partial charge in [-0.25, -0.2) is 4.98 Å². The quantitative estimate of drug-likeness (QED) is 0.214. The Morgan fingerprint density at radius 2 is 1.92 bits per heavy atom. The van der Waals surface area contributed by atoms with Gasteiger partial charge in [0.05, 0.1) is 36.2 Å². The highest BCUT2D eigenvalue weighted by Gasteiger charge is 2.28. The van der Waals surface area contributed by atoms with E-state index < -0.39 is 6.04 Å². The zero-order valence-electron chi connectivity index (χ0n) is 22.1. The lowest BCUT2D eigenvalue weighted by Gasteiger charge is -2.31. The summed E-state index contributed by atoms with van der Waals surface area (Å²) >= 11 is 1.58. The maximum absolute atomic E-state index is 13.9. The van der Waals surface area contributed by atoms with Crippen molar-refractivity contribution in [3.05, 3.63) is 86.6 Å². The van der Waals surface area contributed by atoms with E-state index in [0.29, 0.717) is 41.1 Å². The molecule has 0 saturated heterocycles. The van der Waals surface area contributed by atoms with E-state index in [1.54, 1.807) is 29.1 Å².